The van der Waals surface area contributed by atoms with Gasteiger partial charge >= 0.3 is 0 Å². The average Bonchev–Trinajstić information content (AvgIpc) is 2.30. The van der Waals surface area contributed by atoms with Gasteiger partial charge in [-0.15, -0.1) is 5.10 Å². The highest BCUT2D eigenvalue weighted by Gasteiger charge is 2.18. The molecule has 7 heteroatoms. The fraction of sp³-hybridized carbons (Fsp3) is 0.200. The van der Waals surface area contributed by atoms with Gasteiger partial charge in [0.2, 0.25) is 5.96 Å². The van der Waals surface area contributed by atoms with Gasteiger partial charge in [-0.2, -0.15) is 0 Å². The maximum atomic E-state index is 12.1. The zero-order chi connectivity index (χ0) is 12.8. The number of hydrogen-bond acceptors (Lipinski definition) is 4. The van der Waals surface area contributed by atoms with E-state index in [0.717, 1.165) is 5.01 Å². The third kappa shape index (κ3) is 3.33. The van der Waals surface area contributed by atoms with Crippen molar-refractivity contribution in [1.82, 2.24) is 15.9 Å². The smallest absolute Gasteiger partial charge is 0.275 e. The van der Waals surface area contributed by atoms with E-state index in [0.29, 0.717) is 10.6 Å². The first kappa shape index (κ1) is 13.3. The van der Waals surface area contributed by atoms with Crippen molar-refractivity contribution >= 4 is 23.5 Å². The summed E-state index contributed by atoms with van der Waals surface area (Å²) in [5.41, 5.74) is 11.2. The van der Waals surface area contributed by atoms with Crippen molar-refractivity contribution in [2.45, 2.75) is 0 Å². The van der Waals surface area contributed by atoms with Gasteiger partial charge in [-0.05, 0) is 18.2 Å². The second-order valence-corrected chi connectivity index (χ2v) is 3.50. The molecule has 1 rings (SSSR count). The average molecular weight is 256 g/mol. The summed E-state index contributed by atoms with van der Waals surface area (Å²) in [4.78, 5) is 12.1. The molecular formula is C10H14ClN5O. The number of hydrazone groups is 1. The number of carbonyl (C=O) groups is 1. The zero-order valence-corrected chi connectivity index (χ0v) is 10.3. The van der Waals surface area contributed by atoms with Gasteiger partial charge in [0.05, 0.1) is 0 Å². The zero-order valence-electron chi connectivity index (χ0n) is 9.57. The topological polar surface area (TPSA) is 82.8 Å². The Kier molecular flexibility index (Phi) is 4.74. The van der Waals surface area contributed by atoms with Crippen molar-refractivity contribution in [3.63, 3.8) is 0 Å². The van der Waals surface area contributed by atoms with Gasteiger partial charge < -0.3 is 11.2 Å². The molecule has 0 aromatic heterocycles. The summed E-state index contributed by atoms with van der Waals surface area (Å²) in [7, 11) is 3.16. The molecule has 0 fully saturated rings. The van der Waals surface area contributed by atoms with Crippen LogP contribution in [0.15, 0.2) is 29.4 Å². The Morgan fingerprint density at radius 2 is 2.18 bits per heavy atom. The van der Waals surface area contributed by atoms with E-state index in [1.54, 1.807) is 38.4 Å². The van der Waals surface area contributed by atoms with Crippen LogP contribution in [0, 0.1) is 0 Å². The Bertz CT molecular complexity index is 434. The van der Waals surface area contributed by atoms with E-state index < -0.39 is 0 Å². The molecule has 4 N–H and O–H groups in total. The van der Waals surface area contributed by atoms with Gasteiger partial charge in [-0.3, -0.25) is 4.79 Å². The number of guanidine groups is 1. The molecule has 0 heterocycles. The predicted octanol–water partition coefficient (Wildman–Crippen LogP) is 0.366. The van der Waals surface area contributed by atoms with E-state index in [1.807, 2.05) is 0 Å². The minimum Gasteiger partial charge on any atom is -0.367 e. The standard InChI is InChI=1S/C10H14ClN5O/c1-13-15-10(12)16(14-2)9(17)7-4-3-5-8(11)6-7/h3-6,13-14H,1-2H3,(H2,12,15). The molecule has 0 aliphatic heterocycles. The molecule has 0 atom stereocenters. The second-order valence-electron chi connectivity index (χ2n) is 3.07. The molecule has 0 aliphatic carbocycles. The number of nitrogens with zero attached hydrogens (tertiary/aromatic N) is 2. The van der Waals surface area contributed by atoms with E-state index in [-0.39, 0.29) is 11.9 Å². The SMILES string of the molecule is CNN=C(N)N(NC)C(=O)c1cccc(Cl)c1. The van der Waals surface area contributed by atoms with Crippen molar-refractivity contribution < 1.29 is 4.79 Å². The van der Waals surface area contributed by atoms with Crippen LogP contribution in [-0.2, 0) is 0 Å². The fourth-order valence-corrected chi connectivity index (χ4v) is 1.43. The Hall–Kier alpha value is -1.79. The van der Waals surface area contributed by atoms with E-state index in [1.165, 1.54) is 0 Å². The van der Waals surface area contributed by atoms with E-state index in [4.69, 9.17) is 17.3 Å². The van der Waals surface area contributed by atoms with Crippen LogP contribution in [0.2, 0.25) is 5.02 Å². The molecule has 1 amide bonds. The van der Waals surface area contributed by atoms with E-state index in [9.17, 15) is 4.79 Å². The van der Waals surface area contributed by atoms with Gasteiger partial charge in [-0.1, -0.05) is 17.7 Å². The minimum absolute atomic E-state index is 0.0139. The number of carbonyl (C=O) groups excluding carboxylic acids is 1. The van der Waals surface area contributed by atoms with Crippen molar-refractivity contribution in [2.75, 3.05) is 14.1 Å². The third-order valence-electron chi connectivity index (χ3n) is 1.95. The third-order valence-corrected chi connectivity index (χ3v) is 2.19. The molecule has 0 saturated heterocycles. The molecule has 17 heavy (non-hydrogen) atoms. The van der Waals surface area contributed by atoms with Crippen LogP contribution in [0.5, 0.6) is 0 Å². The maximum absolute atomic E-state index is 12.1. The highest BCUT2D eigenvalue weighted by Crippen LogP contribution is 2.11. The highest BCUT2D eigenvalue weighted by atomic mass is 35.5. The molecule has 1 aromatic carbocycles. The first-order valence-corrected chi connectivity index (χ1v) is 5.25. The number of amides is 1. The van der Waals surface area contributed by atoms with Crippen molar-refractivity contribution in [3.8, 4) is 0 Å². The lowest BCUT2D eigenvalue weighted by Gasteiger charge is -2.19. The van der Waals surface area contributed by atoms with Gasteiger partial charge in [0, 0.05) is 24.7 Å². The Balaban J connectivity index is 2.98. The number of nitrogens with one attached hydrogen (secondary N) is 2. The van der Waals surface area contributed by atoms with E-state index >= 15 is 0 Å². The summed E-state index contributed by atoms with van der Waals surface area (Å²) in [5, 5.41) is 5.31. The quantitative estimate of drug-likeness (QED) is 0.414. The minimum atomic E-state index is -0.341. The largest absolute Gasteiger partial charge is 0.367 e. The number of benzene rings is 1. The van der Waals surface area contributed by atoms with Crippen LogP contribution in [0.4, 0.5) is 0 Å². The summed E-state index contributed by atoms with van der Waals surface area (Å²) in [6.45, 7) is 0. The molecule has 0 radical (unpaired) electrons. The summed E-state index contributed by atoms with van der Waals surface area (Å²) in [5.74, 6) is -0.327. The van der Waals surface area contributed by atoms with Crippen LogP contribution in [0.3, 0.4) is 0 Å². The molecule has 6 nitrogen and oxygen atoms in total. The number of hydrogen-bond donors (Lipinski definition) is 3. The Labute approximate surface area is 104 Å². The van der Waals surface area contributed by atoms with Crippen molar-refractivity contribution in [2.24, 2.45) is 10.8 Å². The van der Waals surface area contributed by atoms with Crippen LogP contribution >= 0.6 is 11.6 Å². The van der Waals surface area contributed by atoms with E-state index in [2.05, 4.69) is 16.0 Å². The monoisotopic (exact) mass is 255 g/mol. The van der Waals surface area contributed by atoms with Gasteiger partial charge in [-0.25, -0.2) is 10.4 Å². The lowest BCUT2D eigenvalue weighted by Crippen LogP contribution is -2.49. The van der Waals surface area contributed by atoms with Gasteiger partial charge in [0.15, 0.2) is 0 Å². The normalized spacial score (nSPS) is 11.1. The molecule has 0 unspecified atom stereocenters. The van der Waals surface area contributed by atoms with Gasteiger partial charge in [0.25, 0.3) is 5.91 Å². The molecule has 0 spiro atoms. The van der Waals surface area contributed by atoms with Crippen molar-refractivity contribution in [1.29, 1.82) is 0 Å². The fourth-order valence-electron chi connectivity index (χ4n) is 1.24. The summed E-state index contributed by atoms with van der Waals surface area (Å²) < 4.78 is 0. The molecule has 0 aliphatic rings. The predicted molar refractivity (Wildman–Crippen MR) is 67.4 cm³/mol. The molecule has 0 bridgehead atoms. The number of nitrogens with two attached hydrogens (primary N) is 1. The summed E-state index contributed by atoms with van der Waals surface area (Å²) in [6, 6.07) is 6.58. The molecule has 1 aromatic rings. The van der Waals surface area contributed by atoms with Crippen LogP contribution in [0.1, 0.15) is 10.4 Å². The second kappa shape index (κ2) is 6.07. The highest BCUT2D eigenvalue weighted by molar-refractivity contribution is 6.31. The Morgan fingerprint density at radius 1 is 1.47 bits per heavy atom. The summed E-state index contributed by atoms with van der Waals surface area (Å²) in [6.07, 6.45) is 0. The van der Waals surface area contributed by atoms with Crippen molar-refractivity contribution in [3.05, 3.63) is 34.9 Å². The lowest BCUT2D eigenvalue weighted by molar-refractivity contribution is 0.0801. The lowest BCUT2D eigenvalue weighted by atomic mass is 10.2. The van der Waals surface area contributed by atoms with Gasteiger partial charge in [0.1, 0.15) is 0 Å². The maximum Gasteiger partial charge on any atom is 0.275 e. The number of rotatable bonds is 3. The van der Waals surface area contributed by atoms with Crippen LogP contribution in [-0.4, -0.2) is 31.0 Å². The molecule has 0 saturated carbocycles. The summed E-state index contributed by atoms with van der Waals surface area (Å²) >= 11 is 5.81. The molecule has 92 valence electrons. The molecular weight excluding hydrogens is 242 g/mol. The number of hydrazine groups is 1. The van der Waals surface area contributed by atoms with Crippen LogP contribution < -0.4 is 16.6 Å². The van der Waals surface area contributed by atoms with Crippen LogP contribution in [0.25, 0.3) is 0 Å². The Morgan fingerprint density at radius 3 is 2.71 bits per heavy atom. The first-order valence-electron chi connectivity index (χ1n) is 4.87. The first-order chi connectivity index (χ1) is 8.10. The number of halogens is 1.